The number of amides is 1. The summed E-state index contributed by atoms with van der Waals surface area (Å²) >= 11 is 0. The topological polar surface area (TPSA) is 54.3 Å². The molecule has 1 aliphatic heterocycles. The van der Waals surface area contributed by atoms with E-state index in [1.54, 1.807) is 12.4 Å². The van der Waals surface area contributed by atoms with Crippen molar-refractivity contribution in [2.24, 2.45) is 11.8 Å². The zero-order valence-corrected chi connectivity index (χ0v) is 15.2. The zero-order valence-electron chi connectivity index (χ0n) is 15.2. The van der Waals surface area contributed by atoms with Crippen LogP contribution in [0, 0.1) is 11.8 Å². The molecule has 3 rings (SSSR count). The number of hydrogen-bond acceptors (Lipinski definition) is 4. The van der Waals surface area contributed by atoms with Crippen LogP contribution in [-0.2, 0) is 6.54 Å². The van der Waals surface area contributed by atoms with E-state index < -0.39 is 0 Å². The van der Waals surface area contributed by atoms with Gasteiger partial charge < -0.3 is 9.80 Å². The molecule has 2 atom stereocenters. The van der Waals surface area contributed by atoms with Crippen molar-refractivity contribution in [2.75, 3.05) is 27.2 Å². The van der Waals surface area contributed by atoms with Crippen molar-refractivity contribution in [3.63, 3.8) is 0 Å². The highest BCUT2D eigenvalue weighted by atomic mass is 16.2. The molecule has 0 bridgehead atoms. The van der Waals surface area contributed by atoms with Crippen molar-refractivity contribution in [3.05, 3.63) is 24.0 Å². The van der Waals surface area contributed by atoms with Crippen LogP contribution in [0.4, 0.5) is 0 Å². The molecule has 2 unspecified atom stereocenters. The number of fused-ring (bicyclic) bond motifs is 1. The lowest BCUT2D eigenvalue weighted by molar-refractivity contribution is 0.0781. The number of carbonyl (C=O) groups excluding carboxylic acids is 1. The van der Waals surface area contributed by atoms with Gasteiger partial charge in [0.05, 0.1) is 11.8 Å². The lowest BCUT2D eigenvalue weighted by atomic mass is 10.1. The molecule has 3 heterocycles. The molecule has 2 aromatic heterocycles. The quantitative estimate of drug-likeness (QED) is 0.862. The molecule has 24 heavy (non-hydrogen) atoms. The van der Waals surface area contributed by atoms with E-state index >= 15 is 0 Å². The number of carbonyl (C=O) groups is 1. The van der Waals surface area contributed by atoms with E-state index in [1.165, 1.54) is 0 Å². The molecule has 0 radical (unpaired) electrons. The maximum Gasteiger partial charge on any atom is 0.255 e. The third kappa shape index (κ3) is 3.15. The second kappa shape index (κ2) is 6.51. The highest BCUT2D eigenvalue weighted by Crippen LogP contribution is 2.23. The summed E-state index contributed by atoms with van der Waals surface area (Å²) in [5, 5.41) is 5.33. The van der Waals surface area contributed by atoms with Gasteiger partial charge in [0.25, 0.3) is 5.91 Å². The van der Waals surface area contributed by atoms with Gasteiger partial charge in [0, 0.05) is 37.3 Å². The van der Waals surface area contributed by atoms with Gasteiger partial charge in [-0.2, -0.15) is 5.10 Å². The van der Waals surface area contributed by atoms with E-state index in [-0.39, 0.29) is 5.91 Å². The summed E-state index contributed by atoms with van der Waals surface area (Å²) in [6.45, 7) is 8.92. The maximum absolute atomic E-state index is 12.8. The Morgan fingerprint density at radius 2 is 2.08 bits per heavy atom. The monoisotopic (exact) mass is 329 g/mol. The van der Waals surface area contributed by atoms with Crippen LogP contribution in [0.25, 0.3) is 11.0 Å². The summed E-state index contributed by atoms with van der Waals surface area (Å²) in [6, 6.07) is 2.33. The molecule has 0 spiro atoms. The van der Waals surface area contributed by atoms with Gasteiger partial charge in [-0.15, -0.1) is 0 Å². The van der Waals surface area contributed by atoms with Crippen molar-refractivity contribution < 1.29 is 4.79 Å². The molecule has 0 aliphatic carbocycles. The van der Waals surface area contributed by atoms with Crippen LogP contribution in [0.3, 0.4) is 0 Å². The summed E-state index contributed by atoms with van der Waals surface area (Å²) in [5.74, 6) is 1.05. The molecule has 6 nitrogen and oxygen atoms in total. The van der Waals surface area contributed by atoms with Gasteiger partial charge in [0.2, 0.25) is 0 Å². The van der Waals surface area contributed by atoms with E-state index in [9.17, 15) is 4.79 Å². The van der Waals surface area contributed by atoms with Crippen LogP contribution in [0.5, 0.6) is 0 Å². The number of likely N-dealkylation sites (tertiary alicyclic amines) is 1. The summed E-state index contributed by atoms with van der Waals surface area (Å²) in [6.07, 6.45) is 3.49. The lowest BCUT2D eigenvalue weighted by Gasteiger charge is -2.22. The molecular weight excluding hydrogens is 302 g/mol. The molecule has 0 aromatic carbocycles. The number of aromatic nitrogens is 3. The minimum atomic E-state index is 0.0669. The molecule has 1 fully saturated rings. The first-order valence-electron chi connectivity index (χ1n) is 8.64. The smallest absolute Gasteiger partial charge is 0.255 e. The van der Waals surface area contributed by atoms with Gasteiger partial charge >= 0.3 is 0 Å². The van der Waals surface area contributed by atoms with Gasteiger partial charge in [0.1, 0.15) is 0 Å². The van der Waals surface area contributed by atoms with Crippen molar-refractivity contribution in [1.29, 1.82) is 0 Å². The van der Waals surface area contributed by atoms with Crippen molar-refractivity contribution in [2.45, 2.75) is 33.4 Å². The molecule has 1 saturated heterocycles. The van der Waals surface area contributed by atoms with Crippen LogP contribution in [0.1, 0.15) is 31.1 Å². The largest absolute Gasteiger partial charge is 0.337 e. The van der Waals surface area contributed by atoms with Crippen LogP contribution in [0.15, 0.2) is 18.5 Å². The highest BCUT2D eigenvalue weighted by Gasteiger charge is 2.34. The predicted octanol–water partition coefficient (Wildman–Crippen LogP) is 2.11. The second-order valence-corrected chi connectivity index (χ2v) is 7.58. The number of pyridine rings is 1. The standard InChI is InChI=1S/C18H27N5O/c1-12(2)9-23-17-14(8-20-23)6-15(7-19-17)18(24)22-10-13(3)16(11-22)21(4)5/h6-8,12-13,16H,9-11H2,1-5H3. The Bertz CT molecular complexity index is 736. The lowest BCUT2D eigenvalue weighted by Crippen LogP contribution is -2.35. The third-order valence-corrected chi connectivity index (χ3v) is 4.78. The second-order valence-electron chi connectivity index (χ2n) is 7.58. The Labute approximate surface area is 143 Å². The molecule has 0 N–H and O–H groups in total. The van der Waals surface area contributed by atoms with E-state index in [1.807, 2.05) is 15.6 Å². The third-order valence-electron chi connectivity index (χ3n) is 4.78. The Balaban J connectivity index is 1.81. The number of nitrogens with zero attached hydrogens (tertiary/aromatic N) is 5. The highest BCUT2D eigenvalue weighted by molar-refractivity contribution is 5.97. The summed E-state index contributed by atoms with van der Waals surface area (Å²) in [4.78, 5) is 21.5. The van der Waals surface area contributed by atoms with E-state index in [0.29, 0.717) is 23.4 Å². The number of rotatable bonds is 4. The first kappa shape index (κ1) is 16.9. The molecule has 1 aliphatic rings. The van der Waals surface area contributed by atoms with Crippen LogP contribution in [-0.4, -0.2) is 63.7 Å². The van der Waals surface area contributed by atoms with E-state index in [0.717, 1.165) is 30.7 Å². The van der Waals surface area contributed by atoms with Crippen molar-refractivity contribution in [3.8, 4) is 0 Å². The van der Waals surface area contributed by atoms with Gasteiger partial charge in [-0.1, -0.05) is 20.8 Å². The summed E-state index contributed by atoms with van der Waals surface area (Å²) in [5.41, 5.74) is 1.50. The molecule has 2 aromatic rings. The van der Waals surface area contributed by atoms with E-state index in [2.05, 4.69) is 49.8 Å². The SMILES string of the molecule is CC(C)Cn1ncc2cc(C(=O)N3CC(C)C(N(C)C)C3)cnc21. The molecule has 6 heteroatoms. The average Bonchev–Trinajstić information content (AvgIpc) is 3.09. The summed E-state index contributed by atoms with van der Waals surface area (Å²) < 4.78 is 1.91. The van der Waals surface area contributed by atoms with Crippen LogP contribution < -0.4 is 0 Å². The Kier molecular flexibility index (Phi) is 4.58. The molecule has 0 saturated carbocycles. The molecule has 130 valence electrons. The Morgan fingerprint density at radius 3 is 2.71 bits per heavy atom. The Hall–Kier alpha value is -1.95. The number of hydrogen-bond donors (Lipinski definition) is 0. The number of likely N-dealkylation sites (N-methyl/N-ethyl adjacent to an activating group) is 1. The van der Waals surface area contributed by atoms with Crippen LogP contribution >= 0.6 is 0 Å². The fourth-order valence-electron chi connectivity index (χ4n) is 3.54. The van der Waals surface area contributed by atoms with Gasteiger partial charge in [-0.25, -0.2) is 9.67 Å². The first-order valence-corrected chi connectivity index (χ1v) is 8.64. The predicted molar refractivity (Wildman–Crippen MR) is 94.9 cm³/mol. The van der Waals surface area contributed by atoms with Gasteiger partial charge in [0.15, 0.2) is 5.65 Å². The zero-order chi connectivity index (χ0) is 17.4. The van der Waals surface area contributed by atoms with Crippen molar-refractivity contribution in [1.82, 2.24) is 24.6 Å². The normalized spacial score (nSPS) is 21.4. The Morgan fingerprint density at radius 1 is 1.33 bits per heavy atom. The first-order chi connectivity index (χ1) is 11.4. The van der Waals surface area contributed by atoms with Gasteiger partial charge in [-0.05, 0) is 32.0 Å². The molecular formula is C18H27N5O. The van der Waals surface area contributed by atoms with Crippen LogP contribution in [0.2, 0.25) is 0 Å². The minimum absolute atomic E-state index is 0.0669. The van der Waals surface area contributed by atoms with Gasteiger partial charge in [-0.3, -0.25) is 4.79 Å². The molecule has 1 amide bonds. The fraction of sp³-hybridized carbons (Fsp3) is 0.611. The summed E-state index contributed by atoms with van der Waals surface area (Å²) in [7, 11) is 4.15. The minimum Gasteiger partial charge on any atom is -0.337 e. The van der Waals surface area contributed by atoms with Crippen molar-refractivity contribution >= 4 is 16.9 Å². The average molecular weight is 329 g/mol. The fourth-order valence-corrected chi connectivity index (χ4v) is 3.54. The maximum atomic E-state index is 12.8. The van der Waals surface area contributed by atoms with E-state index in [4.69, 9.17) is 0 Å².